The van der Waals surface area contributed by atoms with Gasteiger partial charge in [0.15, 0.2) is 0 Å². The molecule has 0 aliphatic carbocycles. The van der Waals surface area contributed by atoms with Crippen molar-refractivity contribution in [1.29, 1.82) is 0 Å². The first kappa shape index (κ1) is 14.9. The largest absolute Gasteiger partial charge is 0.455 e. The highest BCUT2D eigenvalue weighted by Crippen LogP contribution is 2.20. The third-order valence-corrected chi connectivity index (χ3v) is 2.32. The Kier molecular flexibility index (Phi) is 6.74. The Hall–Kier alpha value is -1.09. The van der Waals surface area contributed by atoms with Crippen LogP contribution < -0.4 is 5.73 Å². The van der Waals surface area contributed by atoms with Crippen molar-refractivity contribution in [2.45, 2.75) is 45.6 Å². The van der Waals surface area contributed by atoms with Crippen LogP contribution in [0.1, 0.15) is 40.0 Å². The predicted molar refractivity (Wildman–Crippen MR) is 67.0 cm³/mol. The van der Waals surface area contributed by atoms with E-state index < -0.39 is 5.60 Å². The first-order valence-corrected chi connectivity index (χ1v) is 5.62. The summed E-state index contributed by atoms with van der Waals surface area (Å²) in [6.45, 7) is 10.00. The number of carbonyl (C=O) groups excluding carboxylic acids is 1. The maximum absolute atomic E-state index is 11.3. The second-order valence-corrected chi connectivity index (χ2v) is 4.35. The summed E-state index contributed by atoms with van der Waals surface area (Å²) in [5.41, 5.74) is 5.97. The van der Waals surface area contributed by atoms with Crippen LogP contribution in [0.25, 0.3) is 0 Å². The SMILES string of the molecule is C=CC(C)(CCC=C(C)C)OC(=O)CCN. The standard InChI is InChI=1S/C13H23NO2/c1-5-13(4,9-6-7-11(2)3)16-12(15)8-10-14/h5,7H,1,6,8-10,14H2,2-4H3. The zero-order valence-corrected chi connectivity index (χ0v) is 10.6. The van der Waals surface area contributed by atoms with Crippen LogP contribution in [-0.2, 0) is 9.53 Å². The average molecular weight is 225 g/mol. The summed E-state index contributed by atoms with van der Waals surface area (Å²) >= 11 is 0. The molecule has 0 aliphatic rings. The number of allylic oxidation sites excluding steroid dienone is 2. The molecule has 0 aliphatic heterocycles. The minimum Gasteiger partial charge on any atom is -0.455 e. The van der Waals surface area contributed by atoms with Crippen LogP contribution >= 0.6 is 0 Å². The topological polar surface area (TPSA) is 52.3 Å². The monoisotopic (exact) mass is 225 g/mol. The number of rotatable bonds is 7. The van der Waals surface area contributed by atoms with Crippen molar-refractivity contribution in [3.63, 3.8) is 0 Å². The van der Waals surface area contributed by atoms with Crippen LogP contribution in [0.4, 0.5) is 0 Å². The number of carbonyl (C=O) groups is 1. The molecule has 0 fully saturated rings. The van der Waals surface area contributed by atoms with Crippen molar-refractivity contribution < 1.29 is 9.53 Å². The fourth-order valence-electron chi connectivity index (χ4n) is 1.27. The Bertz CT molecular complexity index is 267. The third-order valence-electron chi connectivity index (χ3n) is 2.32. The lowest BCUT2D eigenvalue weighted by Crippen LogP contribution is -2.30. The van der Waals surface area contributed by atoms with Gasteiger partial charge in [-0.15, -0.1) is 0 Å². The van der Waals surface area contributed by atoms with Crippen LogP contribution in [0.2, 0.25) is 0 Å². The summed E-state index contributed by atoms with van der Waals surface area (Å²) < 4.78 is 5.34. The molecule has 16 heavy (non-hydrogen) atoms. The Morgan fingerprint density at radius 3 is 2.56 bits per heavy atom. The molecule has 0 radical (unpaired) electrons. The van der Waals surface area contributed by atoms with Crippen LogP contribution in [0.3, 0.4) is 0 Å². The zero-order valence-electron chi connectivity index (χ0n) is 10.6. The van der Waals surface area contributed by atoms with Gasteiger partial charge in [-0.3, -0.25) is 4.79 Å². The van der Waals surface area contributed by atoms with Crippen LogP contribution in [-0.4, -0.2) is 18.1 Å². The van der Waals surface area contributed by atoms with E-state index in [1.807, 2.05) is 20.8 Å². The van der Waals surface area contributed by atoms with E-state index in [9.17, 15) is 4.79 Å². The van der Waals surface area contributed by atoms with Gasteiger partial charge in [-0.2, -0.15) is 0 Å². The molecule has 0 aromatic rings. The van der Waals surface area contributed by atoms with Gasteiger partial charge in [0.2, 0.25) is 0 Å². The number of hydrogen-bond donors (Lipinski definition) is 1. The van der Waals surface area contributed by atoms with E-state index in [0.29, 0.717) is 6.54 Å². The van der Waals surface area contributed by atoms with Gasteiger partial charge in [0.1, 0.15) is 5.60 Å². The molecule has 0 saturated heterocycles. The molecular weight excluding hydrogens is 202 g/mol. The van der Waals surface area contributed by atoms with Gasteiger partial charge >= 0.3 is 5.97 Å². The Morgan fingerprint density at radius 1 is 1.50 bits per heavy atom. The molecule has 1 unspecified atom stereocenters. The minimum absolute atomic E-state index is 0.256. The predicted octanol–water partition coefficient (Wildman–Crippen LogP) is 2.57. The Balaban J connectivity index is 4.25. The average Bonchev–Trinajstić information content (AvgIpc) is 2.17. The molecule has 3 heteroatoms. The lowest BCUT2D eigenvalue weighted by Gasteiger charge is -2.25. The molecule has 1 atom stereocenters. The van der Waals surface area contributed by atoms with Gasteiger partial charge in [-0.05, 0) is 39.7 Å². The van der Waals surface area contributed by atoms with E-state index in [0.717, 1.165) is 12.8 Å². The first-order chi connectivity index (χ1) is 7.43. The fourth-order valence-corrected chi connectivity index (χ4v) is 1.27. The molecular formula is C13H23NO2. The number of ether oxygens (including phenoxy) is 1. The molecule has 0 rings (SSSR count). The summed E-state index contributed by atoms with van der Waals surface area (Å²) in [4.78, 5) is 11.3. The number of hydrogen-bond acceptors (Lipinski definition) is 3. The van der Waals surface area contributed by atoms with E-state index in [2.05, 4.69) is 12.7 Å². The van der Waals surface area contributed by atoms with E-state index in [4.69, 9.17) is 10.5 Å². The smallest absolute Gasteiger partial charge is 0.307 e. The van der Waals surface area contributed by atoms with Gasteiger partial charge < -0.3 is 10.5 Å². The normalized spacial score (nSPS) is 13.8. The lowest BCUT2D eigenvalue weighted by atomic mass is 9.99. The molecule has 0 aromatic carbocycles. The highest BCUT2D eigenvalue weighted by Gasteiger charge is 2.23. The third kappa shape index (κ3) is 6.40. The maximum Gasteiger partial charge on any atom is 0.307 e. The highest BCUT2D eigenvalue weighted by molar-refractivity contribution is 5.70. The van der Waals surface area contributed by atoms with Crippen molar-refractivity contribution in [2.24, 2.45) is 5.73 Å². The van der Waals surface area contributed by atoms with Crippen molar-refractivity contribution in [2.75, 3.05) is 6.54 Å². The van der Waals surface area contributed by atoms with E-state index >= 15 is 0 Å². The molecule has 0 heterocycles. The molecule has 2 N–H and O–H groups in total. The van der Waals surface area contributed by atoms with Crippen LogP contribution in [0.15, 0.2) is 24.3 Å². The van der Waals surface area contributed by atoms with E-state index in [1.54, 1.807) is 6.08 Å². The van der Waals surface area contributed by atoms with Crippen LogP contribution in [0.5, 0.6) is 0 Å². The second-order valence-electron chi connectivity index (χ2n) is 4.35. The molecule has 0 spiro atoms. The highest BCUT2D eigenvalue weighted by atomic mass is 16.6. The molecule has 92 valence electrons. The van der Waals surface area contributed by atoms with Crippen molar-refractivity contribution >= 4 is 5.97 Å². The molecule has 3 nitrogen and oxygen atoms in total. The van der Waals surface area contributed by atoms with Gasteiger partial charge in [0.25, 0.3) is 0 Å². The Morgan fingerprint density at radius 2 is 2.12 bits per heavy atom. The van der Waals surface area contributed by atoms with Gasteiger partial charge in [0.05, 0.1) is 6.42 Å². The van der Waals surface area contributed by atoms with Crippen LogP contribution in [0, 0.1) is 0 Å². The zero-order chi connectivity index (χ0) is 12.6. The fraction of sp³-hybridized carbons (Fsp3) is 0.615. The van der Waals surface area contributed by atoms with Crippen molar-refractivity contribution in [1.82, 2.24) is 0 Å². The summed E-state index contributed by atoms with van der Waals surface area (Å²) in [5, 5.41) is 0. The lowest BCUT2D eigenvalue weighted by molar-refractivity contribution is -0.153. The summed E-state index contributed by atoms with van der Waals surface area (Å²) in [7, 11) is 0. The summed E-state index contributed by atoms with van der Waals surface area (Å²) in [5.74, 6) is -0.262. The van der Waals surface area contributed by atoms with E-state index in [-0.39, 0.29) is 12.4 Å². The first-order valence-electron chi connectivity index (χ1n) is 5.62. The van der Waals surface area contributed by atoms with Crippen molar-refractivity contribution in [3.05, 3.63) is 24.3 Å². The molecule has 0 aromatic heterocycles. The molecule has 0 bridgehead atoms. The quantitative estimate of drug-likeness (QED) is 0.535. The van der Waals surface area contributed by atoms with Gasteiger partial charge in [-0.25, -0.2) is 0 Å². The maximum atomic E-state index is 11.3. The summed E-state index contributed by atoms with van der Waals surface area (Å²) in [6, 6.07) is 0. The Labute approximate surface area is 98.4 Å². The second kappa shape index (κ2) is 7.23. The number of esters is 1. The number of nitrogens with two attached hydrogens (primary N) is 1. The molecule has 0 saturated carbocycles. The summed E-state index contributed by atoms with van der Waals surface area (Å²) in [6.07, 6.45) is 5.68. The van der Waals surface area contributed by atoms with E-state index in [1.165, 1.54) is 5.57 Å². The molecule has 0 amide bonds. The minimum atomic E-state index is -0.585. The van der Waals surface area contributed by atoms with Gasteiger partial charge in [0, 0.05) is 6.54 Å². The van der Waals surface area contributed by atoms with Crippen molar-refractivity contribution in [3.8, 4) is 0 Å². The van der Waals surface area contributed by atoms with Gasteiger partial charge in [-0.1, -0.05) is 18.2 Å².